The molecule has 0 saturated carbocycles. The zero-order valence-electron chi connectivity index (χ0n) is 17.7. The quantitative estimate of drug-likeness (QED) is 0.413. The van der Waals surface area contributed by atoms with Crippen LogP contribution in [0.3, 0.4) is 0 Å². The van der Waals surface area contributed by atoms with E-state index in [0.717, 1.165) is 22.5 Å². The van der Waals surface area contributed by atoms with E-state index in [4.69, 9.17) is 15.6 Å². The highest BCUT2D eigenvalue weighted by atomic mass is 19.1. The molecule has 30 heavy (non-hydrogen) atoms. The van der Waals surface area contributed by atoms with Crippen LogP contribution in [0, 0.1) is 30.5 Å². The van der Waals surface area contributed by atoms with E-state index in [1.165, 1.54) is 16.7 Å². The average Bonchev–Trinajstić information content (AvgIpc) is 2.95. The van der Waals surface area contributed by atoms with Crippen LogP contribution in [0.15, 0.2) is 36.5 Å². The first-order chi connectivity index (χ1) is 14.3. The monoisotopic (exact) mass is 410 g/mol. The van der Waals surface area contributed by atoms with Crippen molar-refractivity contribution in [3.63, 3.8) is 0 Å². The van der Waals surface area contributed by atoms with E-state index in [1.807, 2.05) is 25.6 Å². The van der Waals surface area contributed by atoms with E-state index in [-0.39, 0.29) is 17.1 Å². The van der Waals surface area contributed by atoms with Crippen LogP contribution in [-0.4, -0.2) is 40.4 Å². The molecule has 1 aromatic carbocycles. The Balaban J connectivity index is 1.88. The first-order valence-corrected chi connectivity index (χ1v) is 9.73. The largest absolute Gasteiger partial charge is 0.492 e. The molecule has 0 fully saturated rings. The Bertz CT molecular complexity index is 1130. The second-order valence-electron chi connectivity index (χ2n) is 7.16. The lowest BCUT2D eigenvalue weighted by Crippen LogP contribution is -2.32. The molecule has 0 bridgehead atoms. The van der Waals surface area contributed by atoms with Crippen molar-refractivity contribution in [2.45, 2.75) is 20.3 Å². The van der Waals surface area contributed by atoms with Crippen molar-refractivity contribution in [2.24, 2.45) is 7.05 Å². The standard InChI is InChI=1S/C22H27FN6O/c1-14-18(15(2)28(4)27-14)9-10-30-20-11-17(23)6-7-19(20)16-5-8-21(24)29(13-16)22(25)12-26-3/h5-8,11,13,24-26H,9-10,12H2,1-4H3. The molecule has 2 aromatic heterocycles. The van der Waals surface area contributed by atoms with Gasteiger partial charge in [0.1, 0.15) is 22.9 Å². The zero-order chi connectivity index (χ0) is 21.8. The number of hydrogen-bond donors (Lipinski definition) is 3. The number of aryl methyl sites for hydroxylation is 2. The maximum absolute atomic E-state index is 13.9. The van der Waals surface area contributed by atoms with E-state index >= 15 is 0 Å². The number of pyridine rings is 1. The van der Waals surface area contributed by atoms with Crippen LogP contribution in [0.1, 0.15) is 17.0 Å². The maximum atomic E-state index is 13.9. The summed E-state index contributed by atoms with van der Waals surface area (Å²) in [6.45, 7) is 4.70. The van der Waals surface area contributed by atoms with Crippen molar-refractivity contribution in [1.29, 1.82) is 10.8 Å². The van der Waals surface area contributed by atoms with Gasteiger partial charge in [0.25, 0.3) is 0 Å². The number of benzene rings is 1. The van der Waals surface area contributed by atoms with Crippen LogP contribution in [0.2, 0.25) is 0 Å². The van der Waals surface area contributed by atoms with Crippen molar-refractivity contribution in [3.05, 3.63) is 64.8 Å². The summed E-state index contributed by atoms with van der Waals surface area (Å²) in [6, 6.07) is 7.82. The highest BCUT2D eigenvalue weighted by molar-refractivity contribution is 5.84. The topological polar surface area (TPSA) is 91.7 Å². The van der Waals surface area contributed by atoms with Crippen LogP contribution in [0.5, 0.6) is 5.75 Å². The summed E-state index contributed by atoms with van der Waals surface area (Å²) in [6.07, 6.45) is 2.37. The van der Waals surface area contributed by atoms with Gasteiger partial charge in [0.05, 0.1) is 18.8 Å². The fourth-order valence-electron chi connectivity index (χ4n) is 3.43. The molecule has 158 valence electrons. The van der Waals surface area contributed by atoms with Crippen LogP contribution >= 0.6 is 0 Å². The minimum Gasteiger partial charge on any atom is -0.492 e. The van der Waals surface area contributed by atoms with Gasteiger partial charge < -0.3 is 10.1 Å². The first kappa shape index (κ1) is 21.4. The number of ether oxygens (including phenoxy) is 1. The van der Waals surface area contributed by atoms with Gasteiger partial charge in [0, 0.05) is 42.6 Å². The molecule has 0 aliphatic carbocycles. The van der Waals surface area contributed by atoms with Gasteiger partial charge in [-0.1, -0.05) is 0 Å². The Kier molecular flexibility index (Phi) is 6.47. The maximum Gasteiger partial charge on any atom is 0.130 e. The molecule has 7 nitrogen and oxygen atoms in total. The molecule has 0 atom stereocenters. The van der Waals surface area contributed by atoms with Crippen molar-refractivity contribution < 1.29 is 9.13 Å². The van der Waals surface area contributed by atoms with Gasteiger partial charge in [0.2, 0.25) is 0 Å². The smallest absolute Gasteiger partial charge is 0.130 e. The molecule has 3 aromatic rings. The normalized spacial score (nSPS) is 11.0. The summed E-state index contributed by atoms with van der Waals surface area (Å²) in [7, 11) is 3.66. The van der Waals surface area contributed by atoms with Crippen molar-refractivity contribution >= 4 is 5.84 Å². The van der Waals surface area contributed by atoms with Crippen LogP contribution < -0.4 is 15.5 Å². The average molecular weight is 410 g/mol. The van der Waals surface area contributed by atoms with Gasteiger partial charge in [0.15, 0.2) is 0 Å². The predicted molar refractivity (Wildman–Crippen MR) is 115 cm³/mol. The van der Waals surface area contributed by atoms with Crippen molar-refractivity contribution in [2.75, 3.05) is 20.2 Å². The van der Waals surface area contributed by atoms with E-state index in [1.54, 1.807) is 31.4 Å². The summed E-state index contributed by atoms with van der Waals surface area (Å²) >= 11 is 0. The number of likely N-dealkylation sites (N-methyl/N-ethyl adjacent to an activating group) is 1. The lowest BCUT2D eigenvalue weighted by Gasteiger charge is -2.15. The summed E-state index contributed by atoms with van der Waals surface area (Å²) < 4.78 is 23.3. The van der Waals surface area contributed by atoms with Crippen LogP contribution in [0.25, 0.3) is 11.1 Å². The number of aromatic nitrogens is 3. The fraction of sp³-hybridized carbons (Fsp3) is 0.318. The molecule has 8 heteroatoms. The van der Waals surface area contributed by atoms with Gasteiger partial charge in [-0.3, -0.25) is 20.1 Å². The van der Waals surface area contributed by atoms with Gasteiger partial charge in [-0.25, -0.2) is 4.39 Å². The molecule has 0 unspecified atom stereocenters. The van der Waals surface area contributed by atoms with Crippen LogP contribution in [0.4, 0.5) is 4.39 Å². The van der Waals surface area contributed by atoms with Gasteiger partial charge in [-0.2, -0.15) is 5.10 Å². The Morgan fingerprint density at radius 3 is 2.67 bits per heavy atom. The number of hydrogen-bond acceptors (Lipinski definition) is 5. The summed E-state index contributed by atoms with van der Waals surface area (Å²) in [5.41, 5.74) is 4.84. The van der Waals surface area contributed by atoms with E-state index < -0.39 is 0 Å². The van der Waals surface area contributed by atoms with Crippen molar-refractivity contribution in [3.8, 4) is 16.9 Å². The Hall–Kier alpha value is -3.26. The molecule has 3 N–H and O–H groups in total. The molecule has 0 aliphatic rings. The first-order valence-electron chi connectivity index (χ1n) is 9.73. The van der Waals surface area contributed by atoms with Gasteiger partial charge in [-0.15, -0.1) is 0 Å². The van der Waals surface area contributed by atoms with E-state index in [2.05, 4.69) is 10.4 Å². The molecule has 0 aliphatic heterocycles. The lowest BCUT2D eigenvalue weighted by molar-refractivity contribution is 0.321. The third-order valence-corrected chi connectivity index (χ3v) is 5.11. The van der Waals surface area contributed by atoms with Crippen molar-refractivity contribution in [1.82, 2.24) is 19.7 Å². The van der Waals surface area contributed by atoms with Gasteiger partial charge in [-0.05, 0) is 50.7 Å². The second-order valence-corrected chi connectivity index (χ2v) is 7.16. The molecule has 2 heterocycles. The van der Waals surface area contributed by atoms with E-state index in [0.29, 0.717) is 30.9 Å². The minimum absolute atomic E-state index is 0.200. The summed E-state index contributed by atoms with van der Waals surface area (Å²) in [5.74, 6) is 0.297. The lowest BCUT2D eigenvalue weighted by atomic mass is 10.1. The second kappa shape index (κ2) is 9.04. The minimum atomic E-state index is -0.379. The molecule has 0 amide bonds. The Labute approximate surface area is 175 Å². The third kappa shape index (κ3) is 4.49. The number of rotatable bonds is 7. The van der Waals surface area contributed by atoms with E-state index in [9.17, 15) is 4.39 Å². The summed E-state index contributed by atoms with van der Waals surface area (Å²) in [4.78, 5) is 0. The Morgan fingerprint density at radius 2 is 2.00 bits per heavy atom. The highest BCUT2D eigenvalue weighted by Crippen LogP contribution is 2.30. The molecule has 0 spiro atoms. The van der Waals surface area contributed by atoms with Gasteiger partial charge >= 0.3 is 0 Å². The number of halogens is 1. The number of nitrogens with zero attached hydrogens (tertiary/aromatic N) is 3. The SMILES string of the molecule is CNCC(=N)n1cc(-c2ccc(F)cc2OCCc2c(C)nn(C)c2C)ccc1=N. The highest BCUT2D eigenvalue weighted by Gasteiger charge is 2.13. The molecular formula is C22H27FN6O. The molecule has 0 saturated heterocycles. The summed E-state index contributed by atoms with van der Waals surface area (Å²) in [5, 5.41) is 23.6. The molecular weight excluding hydrogens is 383 g/mol. The molecule has 3 rings (SSSR count). The zero-order valence-corrected chi connectivity index (χ0v) is 17.7. The third-order valence-electron chi connectivity index (χ3n) is 5.11. The van der Waals surface area contributed by atoms with Crippen LogP contribution in [-0.2, 0) is 13.5 Å². The molecule has 0 radical (unpaired) electrons. The fourth-order valence-corrected chi connectivity index (χ4v) is 3.43. The number of nitrogens with one attached hydrogen (secondary N) is 3. The Morgan fingerprint density at radius 1 is 1.23 bits per heavy atom. The predicted octanol–water partition coefficient (Wildman–Crippen LogP) is 2.79.